The van der Waals surface area contributed by atoms with Crippen molar-refractivity contribution < 1.29 is 9.90 Å². The standard InChI is InChI=1S/C23H29N9O3/c1-23(8-9-23)19(34)25-13-2-4-14(5-3-13)26-20-29-17-12(10-16-18(33)30-22(35)28-16)11-24-32(17)21(31-20)27-15-6-7-15/h10-11,13-15,33H,2-9H2,1H3,(H,25,34)(H,26,27,31)(H2,28,30,35)/b12-10-. The van der Waals surface area contributed by atoms with Gasteiger partial charge in [-0.25, -0.2) is 9.79 Å². The Balaban J connectivity index is 1.24. The minimum Gasteiger partial charge on any atom is -0.493 e. The summed E-state index contributed by atoms with van der Waals surface area (Å²) in [4.78, 5) is 42.8. The molecule has 12 nitrogen and oxygen atoms in total. The fourth-order valence-electron chi connectivity index (χ4n) is 4.48. The van der Waals surface area contributed by atoms with Crippen molar-refractivity contribution in [3.8, 4) is 5.88 Å². The average Bonchev–Trinajstić information content (AvgIpc) is 3.73. The second-order valence-electron chi connectivity index (χ2n) is 10.3. The number of imidazole rings is 1. The van der Waals surface area contributed by atoms with E-state index in [1.165, 1.54) is 0 Å². The molecule has 3 fully saturated rings. The maximum Gasteiger partial charge on any atom is 0.326 e. The molecule has 3 saturated carbocycles. The van der Waals surface area contributed by atoms with Gasteiger partial charge in [0.15, 0.2) is 5.65 Å². The largest absolute Gasteiger partial charge is 0.493 e. The van der Waals surface area contributed by atoms with Crippen molar-refractivity contribution in [2.24, 2.45) is 10.4 Å². The van der Waals surface area contributed by atoms with Gasteiger partial charge >= 0.3 is 5.69 Å². The van der Waals surface area contributed by atoms with Gasteiger partial charge in [-0.1, -0.05) is 6.92 Å². The second-order valence-corrected chi connectivity index (χ2v) is 10.3. The van der Waals surface area contributed by atoms with E-state index in [-0.39, 0.29) is 41.0 Å². The van der Waals surface area contributed by atoms with Crippen LogP contribution in [0.2, 0.25) is 0 Å². The van der Waals surface area contributed by atoms with Crippen LogP contribution in [-0.4, -0.2) is 58.7 Å². The van der Waals surface area contributed by atoms with Gasteiger partial charge in [0.2, 0.25) is 17.7 Å². The molecule has 3 heterocycles. The number of carbonyl (C=O) groups is 1. The number of aromatic nitrogens is 6. The molecule has 0 saturated heterocycles. The summed E-state index contributed by atoms with van der Waals surface area (Å²) in [6, 6.07) is 0.653. The molecule has 35 heavy (non-hydrogen) atoms. The Bertz CT molecular complexity index is 1450. The number of hydrogen-bond acceptors (Lipinski definition) is 8. The lowest BCUT2D eigenvalue weighted by molar-refractivity contribution is -0.126. The van der Waals surface area contributed by atoms with Crippen LogP contribution >= 0.6 is 0 Å². The first-order valence-electron chi connectivity index (χ1n) is 12.3. The van der Waals surface area contributed by atoms with Gasteiger partial charge in [0.05, 0.1) is 12.2 Å². The molecule has 0 atom stereocenters. The first-order chi connectivity index (χ1) is 16.9. The predicted molar refractivity (Wildman–Crippen MR) is 126 cm³/mol. The Morgan fingerprint density at radius 3 is 2.57 bits per heavy atom. The molecule has 3 aliphatic rings. The molecule has 0 radical (unpaired) electrons. The van der Waals surface area contributed by atoms with Crippen molar-refractivity contribution in [3.05, 3.63) is 33.2 Å². The summed E-state index contributed by atoms with van der Waals surface area (Å²) in [6.07, 6.45) is 10.9. The number of hydrogen-bond donors (Lipinski definition) is 5. The lowest BCUT2D eigenvalue weighted by atomic mass is 9.90. The molecular weight excluding hydrogens is 450 g/mol. The van der Waals surface area contributed by atoms with Gasteiger partial charge in [-0.05, 0) is 57.4 Å². The van der Waals surface area contributed by atoms with Crippen LogP contribution in [0.4, 0.5) is 5.95 Å². The average molecular weight is 480 g/mol. The Morgan fingerprint density at radius 2 is 1.91 bits per heavy atom. The SMILES string of the molecule is CC1(C(=O)NC2CCC(Nc3nc(=NC4CC4)n4nc/c(=C/c5[nH]c(=O)[nH]c5O)c4n3)CC2)CC1. The van der Waals surface area contributed by atoms with Crippen molar-refractivity contribution in [3.63, 3.8) is 0 Å². The normalized spacial score (nSPS) is 24.6. The summed E-state index contributed by atoms with van der Waals surface area (Å²) >= 11 is 0. The maximum atomic E-state index is 12.4. The highest BCUT2D eigenvalue weighted by molar-refractivity contribution is 5.85. The van der Waals surface area contributed by atoms with E-state index in [4.69, 9.17) is 9.98 Å². The van der Waals surface area contributed by atoms with Crippen LogP contribution in [0.3, 0.4) is 0 Å². The van der Waals surface area contributed by atoms with E-state index in [1.54, 1.807) is 16.8 Å². The zero-order valence-electron chi connectivity index (χ0n) is 19.5. The van der Waals surface area contributed by atoms with E-state index < -0.39 is 5.69 Å². The second kappa shape index (κ2) is 8.21. The molecule has 3 aromatic rings. The molecule has 12 heteroatoms. The van der Waals surface area contributed by atoms with Gasteiger partial charge in [0.1, 0.15) is 5.69 Å². The van der Waals surface area contributed by atoms with Gasteiger partial charge in [-0.15, -0.1) is 0 Å². The van der Waals surface area contributed by atoms with Crippen molar-refractivity contribution in [2.45, 2.75) is 76.4 Å². The van der Waals surface area contributed by atoms with Gasteiger partial charge in [-0.3, -0.25) is 9.78 Å². The molecule has 0 bridgehead atoms. The first-order valence-corrected chi connectivity index (χ1v) is 12.3. The number of anilines is 1. The summed E-state index contributed by atoms with van der Waals surface area (Å²) < 4.78 is 1.59. The van der Waals surface area contributed by atoms with Crippen LogP contribution in [-0.2, 0) is 4.79 Å². The van der Waals surface area contributed by atoms with Crippen molar-refractivity contribution in [1.29, 1.82) is 0 Å². The Labute approximate surface area is 200 Å². The van der Waals surface area contributed by atoms with Gasteiger partial charge in [-0.2, -0.15) is 19.6 Å². The minimum absolute atomic E-state index is 0.149. The molecule has 6 rings (SSSR count). The summed E-state index contributed by atoms with van der Waals surface area (Å²) in [5.41, 5.74) is 0.611. The number of aromatic hydroxyl groups is 1. The van der Waals surface area contributed by atoms with Crippen LogP contribution in [0.1, 0.15) is 64.0 Å². The highest BCUT2D eigenvalue weighted by Crippen LogP contribution is 2.45. The third kappa shape index (κ3) is 4.52. The van der Waals surface area contributed by atoms with Crippen LogP contribution in [0.25, 0.3) is 11.7 Å². The third-order valence-electron chi connectivity index (χ3n) is 7.20. The molecule has 184 valence electrons. The molecular formula is C23H29N9O3. The van der Waals surface area contributed by atoms with Gasteiger partial charge in [0.25, 0.3) is 5.62 Å². The highest BCUT2D eigenvalue weighted by Gasteiger charge is 2.45. The smallest absolute Gasteiger partial charge is 0.326 e. The van der Waals surface area contributed by atoms with Crippen LogP contribution in [0.5, 0.6) is 5.88 Å². The highest BCUT2D eigenvalue weighted by atomic mass is 16.3. The summed E-state index contributed by atoms with van der Waals surface area (Å²) in [7, 11) is 0. The van der Waals surface area contributed by atoms with Crippen molar-refractivity contribution in [1.82, 2.24) is 34.9 Å². The topological polar surface area (TPSA) is 165 Å². The van der Waals surface area contributed by atoms with Gasteiger partial charge in [0, 0.05) is 22.7 Å². The number of aromatic amines is 2. The molecule has 1 amide bonds. The molecule has 0 aromatic carbocycles. The number of fused-ring (bicyclic) bond motifs is 1. The van der Waals surface area contributed by atoms with Crippen LogP contribution in [0.15, 0.2) is 16.0 Å². The number of amides is 1. The van der Waals surface area contributed by atoms with E-state index in [0.717, 1.165) is 51.4 Å². The van der Waals surface area contributed by atoms with E-state index in [2.05, 4.69) is 30.7 Å². The number of carbonyl (C=O) groups excluding carboxylic acids is 1. The first kappa shape index (κ1) is 21.8. The van der Waals surface area contributed by atoms with E-state index in [1.807, 2.05) is 6.92 Å². The Kier molecular flexibility index (Phi) is 5.11. The minimum atomic E-state index is -0.496. The molecule has 5 N–H and O–H groups in total. The molecule has 0 spiro atoms. The predicted octanol–water partition coefficient (Wildman–Crippen LogP) is 0.0965. The Morgan fingerprint density at radius 1 is 1.17 bits per heavy atom. The Hall–Kier alpha value is -3.70. The zero-order valence-corrected chi connectivity index (χ0v) is 19.5. The van der Waals surface area contributed by atoms with E-state index >= 15 is 0 Å². The number of rotatable bonds is 6. The van der Waals surface area contributed by atoms with Gasteiger partial charge < -0.3 is 20.7 Å². The molecule has 3 aliphatic carbocycles. The summed E-state index contributed by atoms with van der Waals surface area (Å²) in [5.74, 6) is 0.411. The molecule has 0 unspecified atom stereocenters. The monoisotopic (exact) mass is 479 g/mol. The number of nitrogens with zero attached hydrogens (tertiary/aromatic N) is 5. The zero-order chi connectivity index (χ0) is 24.2. The molecule has 0 aliphatic heterocycles. The van der Waals surface area contributed by atoms with Crippen molar-refractivity contribution >= 4 is 23.6 Å². The quantitative estimate of drug-likeness (QED) is 0.334. The molecule has 3 aromatic heterocycles. The third-order valence-corrected chi connectivity index (χ3v) is 7.20. The lowest BCUT2D eigenvalue weighted by Gasteiger charge is -2.30. The van der Waals surface area contributed by atoms with Crippen LogP contribution in [0, 0.1) is 5.41 Å². The lowest BCUT2D eigenvalue weighted by Crippen LogP contribution is -2.43. The number of H-pyrrole nitrogens is 2. The van der Waals surface area contributed by atoms with E-state index in [9.17, 15) is 14.7 Å². The summed E-state index contributed by atoms with van der Waals surface area (Å²) in [5, 5.41) is 21.6. The fourth-order valence-corrected chi connectivity index (χ4v) is 4.48. The fraction of sp³-hybridized carbons (Fsp3) is 0.565. The van der Waals surface area contributed by atoms with Crippen LogP contribution < -0.4 is 27.2 Å². The van der Waals surface area contributed by atoms with Crippen molar-refractivity contribution in [2.75, 3.05) is 5.32 Å². The summed E-state index contributed by atoms with van der Waals surface area (Å²) in [6.45, 7) is 2.03. The number of nitrogens with one attached hydrogen (secondary N) is 4. The van der Waals surface area contributed by atoms with E-state index in [0.29, 0.717) is 22.4 Å². The maximum absolute atomic E-state index is 12.4.